The van der Waals surface area contributed by atoms with Gasteiger partial charge in [-0.1, -0.05) is 19.9 Å². The predicted octanol–water partition coefficient (Wildman–Crippen LogP) is 3.59. The van der Waals surface area contributed by atoms with Gasteiger partial charge in [0.25, 0.3) is 6.43 Å². The zero-order chi connectivity index (χ0) is 12.6. The highest BCUT2D eigenvalue weighted by Crippen LogP contribution is 2.21. The molecule has 0 saturated carbocycles. The zero-order valence-electron chi connectivity index (χ0n) is 9.63. The van der Waals surface area contributed by atoms with Crippen molar-refractivity contribution < 1.29 is 8.78 Å². The summed E-state index contributed by atoms with van der Waals surface area (Å²) >= 11 is 0. The number of hydrogen-bond acceptors (Lipinski definition) is 1. The van der Waals surface area contributed by atoms with E-state index in [0.717, 1.165) is 11.6 Å². The lowest BCUT2D eigenvalue weighted by Crippen LogP contribution is -2.06. The van der Waals surface area contributed by atoms with Crippen LogP contribution >= 0.6 is 0 Å². The molecule has 0 aliphatic carbocycles. The van der Waals surface area contributed by atoms with E-state index in [-0.39, 0.29) is 11.1 Å². The number of benzene rings is 1. The lowest BCUT2D eigenvalue weighted by molar-refractivity contribution is 0.146. The second-order valence-corrected chi connectivity index (χ2v) is 4.35. The first kappa shape index (κ1) is 11.8. The molecular formula is C13H13F2NO. The first-order chi connectivity index (χ1) is 7.99. The molecule has 90 valence electrons. The minimum Gasteiger partial charge on any atom is -0.354 e. The number of pyridine rings is 1. The molecule has 0 amide bonds. The molecular weight excluding hydrogens is 224 g/mol. The van der Waals surface area contributed by atoms with Crippen molar-refractivity contribution in [3.05, 3.63) is 45.7 Å². The smallest absolute Gasteiger partial charge is 0.278 e. The number of fused-ring (bicyclic) bond motifs is 1. The standard InChI is InChI=1S/C13H13F2NO/c1-7(2)8-3-4-10-9(5-8)12(17)6-11(16-10)13(14)15/h3-7,13H,1-2H3,(H,16,17). The average molecular weight is 237 g/mol. The summed E-state index contributed by atoms with van der Waals surface area (Å²) in [5, 5.41) is 0.459. The van der Waals surface area contributed by atoms with Gasteiger partial charge in [0.15, 0.2) is 5.43 Å². The maximum Gasteiger partial charge on any atom is 0.278 e. The molecule has 2 aromatic rings. The monoisotopic (exact) mass is 237 g/mol. The minimum absolute atomic E-state index is 0.300. The number of rotatable bonds is 2. The van der Waals surface area contributed by atoms with E-state index < -0.39 is 6.43 Å². The minimum atomic E-state index is -2.66. The lowest BCUT2D eigenvalue weighted by Gasteiger charge is -2.08. The van der Waals surface area contributed by atoms with Crippen molar-refractivity contribution in [2.45, 2.75) is 26.2 Å². The quantitative estimate of drug-likeness (QED) is 0.850. The van der Waals surface area contributed by atoms with Crippen LogP contribution in [0, 0.1) is 0 Å². The van der Waals surface area contributed by atoms with Crippen molar-refractivity contribution in [3.8, 4) is 0 Å². The fourth-order valence-corrected chi connectivity index (χ4v) is 1.76. The third-order valence-corrected chi connectivity index (χ3v) is 2.78. The Balaban J connectivity index is 2.69. The van der Waals surface area contributed by atoms with Gasteiger partial charge in [-0.3, -0.25) is 4.79 Å². The van der Waals surface area contributed by atoms with Gasteiger partial charge in [-0.25, -0.2) is 8.78 Å². The first-order valence-electron chi connectivity index (χ1n) is 5.44. The Morgan fingerprint density at radius 2 is 1.88 bits per heavy atom. The molecule has 0 aliphatic heterocycles. The fourth-order valence-electron chi connectivity index (χ4n) is 1.76. The molecule has 0 saturated heterocycles. The van der Waals surface area contributed by atoms with Crippen LogP contribution in [0.4, 0.5) is 8.78 Å². The Labute approximate surface area is 97.3 Å². The van der Waals surface area contributed by atoms with E-state index in [2.05, 4.69) is 4.98 Å². The Morgan fingerprint density at radius 1 is 1.18 bits per heavy atom. The van der Waals surface area contributed by atoms with Crippen molar-refractivity contribution in [2.24, 2.45) is 0 Å². The molecule has 4 heteroatoms. The Bertz CT molecular complexity index is 602. The Kier molecular flexibility index (Phi) is 2.96. The molecule has 0 aliphatic rings. The van der Waals surface area contributed by atoms with Crippen molar-refractivity contribution in [2.75, 3.05) is 0 Å². The normalized spacial score (nSPS) is 11.6. The van der Waals surface area contributed by atoms with Gasteiger partial charge in [-0.2, -0.15) is 0 Å². The van der Waals surface area contributed by atoms with Gasteiger partial charge in [0.05, 0.1) is 5.69 Å². The number of aromatic amines is 1. The van der Waals surface area contributed by atoms with Crippen LogP contribution < -0.4 is 5.43 Å². The van der Waals surface area contributed by atoms with Crippen LogP contribution in [0.15, 0.2) is 29.1 Å². The molecule has 2 rings (SSSR count). The summed E-state index contributed by atoms with van der Waals surface area (Å²) in [5.41, 5.74) is 0.779. The van der Waals surface area contributed by atoms with Gasteiger partial charge < -0.3 is 4.98 Å². The van der Waals surface area contributed by atoms with E-state index in [9.17, 15) is 13.6 Å². The Morgan fingerprint density at radius 3 is 2.47 bits per heavy atom. The molecule has 0 unspecified atom stereocenters. The van der Waals surface area contributed by atoms with Crippen molar-refractivity contribution in [1.29, 1.82) is 0 Å². The fraction of sp³-hybridized carbons (Fsp3) is 0.308. The van der Waals surface area contributed by atoms with Crippen LogP contribution in [-0.2, 0) is 0 Å². The number of hydrogen-bond donors (Lipinski definition) is 1. The molecule has 0 radical (unpaired) electrons. The number of H-pyrrole nitrogens is 1. The third kappa shape index (κ3) is 2.20. The summed E-state index contributed by atoms with van der Waals surface area (Å²) in [6, 6.07) is 6.25. The highest BCUT2D eigenvalue weighted by Gasteiger charge is 2.11. The van der Waals surface area contributed by atoms with E-state index in [4.69, 9.17) is 0 Å². The number of nitrogens with one attached hydrogen (secondary N) is 1. The van der Waals surface area contributed by atoms with E-state index in [1.54, 1.807) is 12.1 Å². The van der Waals surface area contributed by atoms with Gasteiger partial charge in [-0.15, -0.1) is 0 Å². The van der Waals surface area contributed by atoms with Crippen LogP contribution in [0.5, 0.6) is 0 Å². The molecule has 1 N–H and O–H groups in total. The molecule has 1 heterocycles. The molecule has 2 nitrogen and oxygen atoms in total. The van der Waals surface area contributed by atoms with E-state index in [0.29, 0.717) is 16.8 Å². The van der Waals surface area contributed by atoms with E-state index in [1.165, 1.54) is 0 Å². The first-order valence-corrected chi connectivity index (χ1v) is 5.44. The number of alkyl halides is 2. The third-order valence-electron chi connectivity index (χ3n) is 2.78. The second kappa shape index (κ2) is 4.28. The van der Waals surface area contributed by atoms with Crippen LogP contribution in [0.25, 0.3) is 10.9 Å². The van der Waals surface area contributed by atoms with E-state index in [1.807, 2.05) is 19.9 Å². The van der Waals surface area contributed by atoms with E-state index >= 15 is 0 Å². The molecule has 0 bridgehead atoms. The second-order valence-electron chi connectivity index (χ2n) is 4.35. The molecule has 0 spiro atoms. The number of aromatic nitrogens is 1. The highest BCUT2D eigenvalue weighted by molar-refractivity contribution is 5.79. The molecule has 1 aromatic heterocycles. The largest absolute Gasteiger partial charge is 0.354 e. The van der Waals surface area contributed by atoms with Crippen LogP contribution in [0.1, 0.15) is 37.4 Å². The van der Waals surface area contributed by atoms with Crippen LogP contribution in [0.3, 0.4) is 0 Å². The van der Waals surface area contributed by atoms with Gasteiger partial charge in [0.1, 0.15) is 0 Å². The zero-order valence-corrected chi connectivity index (χ0v) is 9.63. The van der Waals surface area contributed by atoms with Crippen molar-refractivity contribution >= 4 is 10.9 Å². The predicted molar refractivity (Wildman–Crippen MR) is 63.6 cm³/mol. The molecule has 0 atom stereocenters. The van der Waals surface area contributed by atoms with Gasteiger partial charge in [-0.05, 0) is 23.6 Å². The summed E-state index contributed by atoms with van der Waals surface area (Å²) in [6.45, 7) is 4.03. The van der Waals surface area contributed by atoms with Gasteiger partial charge in [0.2, 0.25) is 0 Å². The average Bonchev–Trinajstić information content (AvgIpc) is 2.28. The summed E-state index contributed by atoms with van der Waals surface area (Å²) < 4.78 is 25.0. The maximum absolute atomic E-state index is 12.5. The molecule has 0 fully saturated rings. The lowest BCUT2D eigenvalue weighted by atomic mass is 10.0. The maximum atomic E-state index is 12.5. The van der Waals surface area contributed by atoms with Crippen molar-refractivity contribution in [1.82, 2.24) is 4.98 Å². The summed E-state index contributed by atoms with van der Waals surface area (Å²) in [6.07, 6.45) is -2.66. The topological polar surface area (TPSA) is 32.9 Å². The molecule has 17 heavy (non-hydrogen) atoms. The van der Waals surface area contributed by atoms with Gasteiger partial charge in [0, 0.05) is 17.0 Å². The summed E-state index contributed by atoms with van der Waals surface area (Å²) in [5.74, 6) is 0.300. The SMILES string of the molecule is CC(C)c1ccc2[nH]c(C(F)F)cc(=O)c2c1. The van der Waals surface area contributed by atoms with Crippen LogP contribution in [0.2, 0.25) is 0 Å². The summed E-state index contributed by atoms with van der Waals surface area (Å²) in [7, 11) is 0. The van der Waals surface area contributed by atoms with Crippen LogP contribution in [-0.4, -0.2) is 4.98 Å². The van der Waals surface area contributed by atoms with Crippen molar-refractivity contribution in [3.63, 3.8) is 0 Å². The molecule has 1 aromatic carbocycles. The Hall–Kier alpha value is -1.71. The van der Waals surface area contributed by atoms with Gasteiger partial charge >= 0.3 is 0 Å². The highest BCUT2D eigenvalue weighted by atomic mass is 19.3. The number of halogens is 2. The summed E-state index contributed by atoms with van der Waals surface area (Å²) in [4.78, 5) is 14.3.